The van der Waals surface area contributed by atoms with Crippen LogP contribution in [0.5, 0.6) is 0 Å². The quantitative estimate of drug-likeness (QED) is 0.866. The molecule has 0 saturated carbocycles. The first-order valence-corrected chi connectivity index (χ1v) is 5.47. The van der Waals surface area contributed by atoms with Gasteiger partial charge in [-0.2, -0.15) is 0 Å². The zero-order valence-corrected chi connectivity index (χ0v) is 10.1. The zero-order valence-electron chi connectivity index (χ0n) is 10.1. The van der Waals surface area contributed by atoms with Gasteiger partial charge in [-0.1, -0.05) is 0 Å². The molecular formula is C13H13N3O2. The van der Waals surface area contributed by atoms with E-state index in [1.165, 1.54) is 0 Å². The summed E-state index contributed by atoms with van der Waals surface area (Å²) in [5.41, 5.74) is 2.41. The van der Waals surface area contributed by atoms with Crippen molar-refractivity contribution in [3.63, 3.8) is 0 Å². The monoisotopic (exact) mass is 243 g/mol. The Morgan fingerprint density at radius 3 is 2.61 bits per heavy atom. The highest BCUT2D eigenvalue weighted by Crippen LogP contribution is 2.18. The average molecular weight is 243 g/mol. The lowest BCUT2D eigenvalue weighted by atomic mass is 10.2. The van der Waals surface area contributed by atoms with Crippen LogP contribution >= 0.6 is 0 Å². The van der Waals surface area contributed by atoms with Crippen molar-refractivity contribution < 1.29 is 9.90 Å². The largest absolute Gasteiger partial charge is 0.478 e. The Bertz CT molecular complexity index is 597. The number of carboxylic acids is 1. The summed E-state index contributed by atoms with van der Waals surface area (Å²) >= 11 is 0. The Morgan fingerprint density at radius 2 is 2.00 bits per heavy atom. The molecule has 2 rings (SSSR count). The molecule has 0 bridgehead atoms. The lowest BCUT2D eigenvalue weighted by molar-refractivity contribution is 0.0695. The molecule has 92 valence electrons. The van der Waals surface area contributed by atoms with Crippen LogP contribution in [0.3, 0.4) is 0 Å². The van der Waals surface area contributed by atoms with Crippen molar-refractivity contribution in [2.45, 2.75) is 13.8 Å². The molecule has 0 saturated heterocycles. The van der Waals surface area contributed by atoms with Crippen LogP contribution in [-0.2, 0) is 0 Å². The van der Waals surface area contributed by atoms with E-state index >= 15 is 0 Å². The summed E-state index contributed by atoms with van der Waals surface area (Å²) in [4.78, 5) is 19.2. The first-order valence-electron chi connectivity index (χ1n) is 5.47. The molecule has 5 nitrogen and oxygen atoms in total. The normalized spacial score (nSPS) is 10.1. The van der Waals surface area contributed by atoms with Crippen LogP contribution in [0, 0.1) is 13.8 Å². The van der Waals surface area contributed by atoms with Crippen molar-refractivity contribution in [1.29, 1.82) is 0 Å². The number of hydrogen-bond acceptors (Lipinski definition) is 4. The molecule has 0 fully saturated rings. The first kappa shape index (κ1) is 12.0. The van der Waals surface area contributed by atoms with E-state index in [9.17, 15) is 4.79 Å². The van der Waals surface area contributed by atoms with Crippen molar-refractivity contribution in [3.05, 3.63) is 47.4 Å². The highest BCUT2D eigenvalue weighted by molar-refractivity contribution is 5.89. The molecular weight excluding hydrogens is 230 g/mol. The van der Waals surface area contributed by atoms with Gasteiger partial charge in [0, 0.05) is 6.20 Å². The number of nitrogens with one attached hydrogen (secondary N) is 1. The van der Waals surface area contributed by atoms with Gasteiger partial charge in [0.05, 0.1) is 22.6 Å². The standard InChI is InChI=1S/C13H13N3O2/c1-8-10(13(17)18)5-6-12(15-8)16-11-4-3-7-14-9(11)2/h3-7H,1-2H3,(H,15,16)(H,17,18). The molecule has 0 amide bonds. The molecule has 2 aromatic rings. The van der Waals surface area contributed by atoms with E-state index in [4.69, 9.17) is 5.11 Å². The number of aromatic nitrogens is 2. The second-order valence-electron chi connectivity index (χ2n) is 3.90. The third-order valence-corrected chi connectivity index (χ3v) is 2.59. The highest BCUT2D eigenvalue weighted by Gasteiger charge is 2.09. The fourth-order valence-electron chi connectivity index (χ4n) is 1.61. The number of aryl methyl sites for hydroxylation is 2. The number of pyridine rings is 2. The predicted molar refractivity (Wildman–Crippen MR) is 68.2 cm³/mol. The smallest absolute Gasteiger partial charge is 0.337 e. The molecule has 0 aliphatic carbocycles. The van der Waals surface area contributed by atoms with Gasteiger partial charge in [-0.15, -0.1) is 0 Å². The highest BCUT2D eigenvalue weighted by atomic mass is 16.4. The minimum atomic E-state index is -0.968. The molecule has 0 unspecified atom stereocenters. The van der Waals surface area contributed by atoms with Gasteiger partial charge in [-0.3, -0.25) is 4.98 Å². The van der Waals surface area contributed by atoms with E-state index in [-0.39, 0.29) is 5.56 Å². The molecule has 0 radical (unpaired) electrons. The number of anilines is 2. The van der Waals surface area contributed by atoms with Gasteiger partial charge in [0.1, 0.15) is 5.82 Å². The van der Waals surface area contributed by atoms with Crippen LogP contribution in [-0.4, -0.2) is 21.0 Å². The van der Waals surface area contributed by atoms with Crippen molar-refractivity contribution >= 4 is 17.5 Å². The van der Waals surface area contributed by atoms with Gasteiger partial charge in [-0.05, 0) is 38.1 Å². The van der Waals surface area contributed by atoms with Crippen molar-refractivity contribution in [2.75, 3.05) is 5.32 Å². The summed E-state index contributed by atoms with van der Waals surface area (Å²) < 4.78 is 0. The molecule has 2 heterocycles. The van der Waals surface area contributed by atoms with Gasteiger partial charge < -0.3 is 10.4 Å². The maximum absolute atomic E-state index is 10.9. The summed E-state index contributed by atoms with van der Waals surface area (Å²) in [6.07, 6.45) is 1.71. The Morgan fingerprint density at radius 1 is 1.22 bits per heavy atom. The number of carboxylic acid groups (broad SMARTS) is 1. The van der Waals surface area contributed by atoms with Crippen LogP contribution < -0.4 is 5.32 Å². The molecule has 0 spiro atoms. The molecule has 0 aliphatic rings. The Balaban J connectivity index is 2.29. The molecule has 0 aromatic carbocycles. The van der Waals surface area contributed by atoms with Gasteiger partial charge in [0.2, 0.25) is 0 Å². The maximum Gasteiger partial charge on any atom is 0.337 e. The summed E-state index contributed by atoms with van der Waals surface area (Å²) in [6.45, 7) is 3.56. The topological polar surface area (TPSA) is 75.1 Å². The lowest BCUT2D eigenvalue weighted by Gasteiger charge is -2.09. The van der Waals surface area contributed by atoms with Gasteiger partial charge in [0.15, 0.2) is 0 Å². The number of aromatic carboxylic acids is 1. The number of nitrogens with zero attached hydrogens (tertiary/aromatic N) is 2. The third-order valence-electron chi connectivity index (χ3n) is 2.59. The summed E-state index contributed by atoms with van der Waals surface area (Å²) in [5, 5.41) is 12.0. The van der Waals surface area contributed by atoms with Crippen LogP contribution in [0.4, 0.5) is 11.5 Å². The van der Waals surface area contributed by atoms with Crippen LogP contribution in [0.1, 0.15) is 21.7 Å². The second kappa shape index (κ2) is 4.83. The maximum atomic E-state index is 10.9. The predicted octanol–water partition coefficient (Wildman–Crippen LogP) is 2.54. The minimum absolute atomic E-state index is 0.212. The van der Waals surface area contributed by atoms with Gasteiger partial charge in [-0.25, -0.2) is 9.78 Å². The van der Waals surface area contributed by atoms with Crippen LogP contribution in [0.2, 0.25) is 0 Å². The van der Waals surface area contributed by atoms with E-state index in [0.29, 0.717) is 11.5 Å². The fraction of sp³-hybridized carbons (Fsp3) is 0.154. The van der Waals surface area contributed by atoms with Crippen molar-refractivity contribution in [3.8, 4) is 0 Å². The molecule has 2 aromatic heterocycles. The molecule has 0 aliphatic heterocycles. The third kappa shape index (κ3) is 2.45. The molecule has 18 heavy (non-hydrogen) atoms. The second-order valence-corrected chi connectivity index (χ2v) is 3.90. The average Bonchev–Trinajstić information content (AvgIpc) is 2.32. The van der Waals surface area contributed by atoms with Crippen molar-refractivity contribution in [2.24, 2.45) is 0 Å². The summed E-state index contributed by atoms with van der Waals surface area (Å²) in [5.74, 6) is -0.363. The summed E-state index contributed by atoms with van der Waals surface area (Å²) in [7, 11) is 0. The van der Waals surface area contributed by atoms with Crippen LogP contribution in [0.25, 0.3) is 0 Å². The van der Waals surface area contributed by atoms with E-state index in [1.807, 2.05) is 19.1 Å². The Labute approximate surface area is 105 Å². The van der Waals surface area contributed by atoms with Crippen LogP contribution in [0.15, 0.2) is 30.5 Å². The van der Waals surface area contributed by atoms with Crippen molar-refractivity contribution in [1.82, 2.24) is 9.97 Å². The first-order chi connectivity index (χ1) is 8.58. The van der Waals surface area contributed by atoms with Gasteiger partial charge >= 0.3 is 5.97 Å². The fourth-order valence-corrected chi connectivity index (χ4v) is 1.61. The number of hydrogen-bond donors (Lipinski definition) is 2. The molecule has 0 atom stereocenters. The Hall–Kier alpha value is -2.43. The van der Waals surface area contributed by atoms with E-state index in [2.05, 4.69) is 15.3 Å². The number of rotatable bonds is 3. The molecule has 2 N–H and O–H groups in total. The Kier molecular flexibility index (Phi) is 3.23. The minimum Gasteiger partial charge on any atom is -0.478 e. The number of carbonyl (C=O) groups is 1. The zero-order chi connectivity index (χ0) is 13.1. The molecule has 5 heteroatoms. The van der Waals surface area contributed by atoms with E-state index < -0.39 is 5.97 Å². The lowest BCUT2D eigenvalue weighted by Crippen LogP contribution is -2.04. The van der Waals surface area contributed by atoms with E-state index in [1.54, 1.807) is 25.3 Å². The summed E-state index contributed by atoms with van der Waals surface area (Å²) in [6, 6.07) is 6.90. The SMILES string of the molecule is Cc1ncccc1Nc1ccc(C(=O)O)c(C)n1. The van der Waals surface area contributed by atoms with E-state index in [0.717, 1.165) is 11.4 Å². The van der Waals surface area contributed by atoms with Gasteiger partial charge in [0.25, 0.3) is 0 Å².